The average Bonchev–Trinajstić information content (AvgIpc) is 3.27. The number of hydrogen-bond donors (Lipinski definition) is 2. The Kier molecular flexibility index (Phi) is 9.07. The summed E-state index contributed by atoms with van der Waals surface area (Å²) in [6.07, 6.45) is 9.41. The fraction of sp³-hybridized carbons (Fsp3) is 0.556. The molecule has 3 rings (SSSR count). The molecule has 1 aliphatic carbocycles. The lowest BCUT2D eigenvalue weighted by molar-refractivity contribution is -0.145. The molecule has 1 aromatic heterocycles. The van der Waals surface area contributed by atoms with Crippen LogP contribution in [0.3, 0.4) is 0 Å². The number of aromatic nitrogens is 2. The Hall–Kier alpha value is -3.16. The van der Waals surface area contributed by atoms with Gasteiger partial charge in [-0.3, -0.25) is 9.59 Å². The second-order valence-electron chi connectivity index (χ2n) is 10.3. The molecular weight excluding hydrogens is 444 g/mol. The summed E-state index contributed by atoms with van der Waals surface area (Å²) in [7, 11) is 0. The molecule has 8 nitrogen and oxygen atoms in total. The van der Waals surface area contributed by atoms with Crippen LogP contribution < -0.4 is 10.6 Å². The van der Waals surface area contributed by atoms with E-state index in [0.717, 1.165) is 31.2 Å². The Bertz CT molecular complexity index is 990. The van der Waals surface area contributed by atoms with E-state index in [1.54, 1.807) is 17.7 Å². The number of carbonyl (C=O) groups excluding carboxylic acids is 3. The van der Waals surface area contributed by atoms with Gasteiger partial charge in [-0.1, -0.05) is 83.2 Å². The van der Waals surface area contributed by atoms with E-state index in [0.29, 0.717) is 18.2 Å². The number of nitrogens with zero attached hydrogens (tertiary/aromatic N) is 2. The number of esters is 1. The summed E-state index contributed by atoms with van der Waals surface area (Å²) in [4.78, 5) is 43.0. The van der Waals surface area contributed by atoms with E-state index in [4.69, 9.17) is 4.74 Å². The van der Waals surface area contributed by atoms with Crippen LogP contribution in [0, 0.1) is 11.3 Å². The molecule has 0 radical (unpaired) electrons. The molecule has 2 aromatic rings. The predicted molar refractivity (Wildman–Crippen MR) is 135 cm³/mol. The van der Waals surface area contributed by atoms with Crippen molar-refractivity contribution in [1.29, 1.82) is 0 Å². The van der Waals surface area contributed by atoms with Crippen molar-refractivity contribution in [2.24, 2.45) is 11.3 Å². The second-order valence-corrected chi connectivity index (χ2v) is 10.3. The Balaban J connectivity index is 1.77. The van der Waals surface area contributed by atoms with Gasteiger partial charge in [0.05, 0.1) is 12.9 Å². The van der Waals surface area contributed by atoms with Crippen LogP contribution >= 0.6 is 0 Å². The van der Waals surface area contributed by atoms with Crippen LogP contribution in [0.2, 0.25) is 0 Å². The minimum Gasteiger partial charge on any atom is -0.464 e. The van der Waals surface area contributed by atoms with Crippen LogP contribution in [0.5, 0.6) is 0 Å². The van der Waals surface area contributed by atoms with Gasteiger partial charge in [0.25, 0.3) is 0 Å². The van der Waals surface area contributed by atoms with Gasteiger partial charge in [-0.25, -0.2) is 9.78 Å². The number of amides is 2. The molecule has 8 heteroatoms. The Morgan fingerprint density at radius 1 is 1.11 bits per heavy atom. The van der Waals surface area contributed by atoms with Crippen LogP contribution in [-0.4, -0.2) is 40.0 Å². The summed E-state index contributed by atoms with van der Waals surface area (Å²) in [5.41, 5.74) is 0.156. The molecule has 2 unspecified atom stereocenters. The Labute approximate surface area is 207 Å². The molecule has 1 saturated carbocycles. The van der Waals surface area contributed by atoms with Gasteiger partial charge in [-0.2, -0.15) is 0 Å². The quantitative estimate of drug-likeness (QED) is 0.513. The van der Waals surface area contributed by atoms with E-state index < -0.39 is 23.5 Å². The summed E-state index contributed by atoms with van der Waals surface area (Å²) in [6, 6.07) is 7.93. The molecule has 1 aliphatic rings. The van der Waals surface area contributed by atoms with Gasteiger partial charge in [-0.15, -0.1) is 0 Å². The summed E-state index contributed by atoms with van der Waals surface area (Å²) < 4.78 is 6.91. The maximum absolute atomic E-state index is 13.3. The number of imidazole rings is 1. The maximum Gasteiger partial charge on any atom is 0.333 e. The zero-order valence-corrected chi connectivity index (χ0v) is 21.3. The van der Waals surface area contributed by atoms with Gasteiger partial charge in [0.1, 0.15) is 6.04 Å². The number of carbonyl (C=O) groups is 3. The van der Waals surface area contributed by atoms with Crippen molar-refractivity contribution in [2.45, 2.75) is 78.3 Å². The lowest BCUT2D eigenvalue weighted by Gasteiger charge is -2.28. The Morgan fingerprint density at radius 3 is 2.43 bits per heavy atom. The standard InChI is InChI=1S/C27H38N4O4/c1-5-35-25(33)23(20-14-10-7-11-15-20)31-17-22(28-18-31)30-24(32)21(29-26(34)27(2,3)4)16-19-12-8-6-9-13-19/h7,10-11,14-15,17-19,21,23H,5-6,8-9,12-13,16H2,1-4H3,(H,29,34)(H,30,32). The SMILES string of the molecule is CCOC(=O)C(c1ccccc1)n1cnc(NC(=O)C(CC2CCCCC2)NC(=O)C(C)(C)C)c1. The summed E-state index contributed by atoms with van der Waals surface area (Å²) in [6.45, 7) is 7.52. The average molecular weight is 483 g/mol. The molecule has 0 saturated heterocycles. The zero-order valence-electron chi connectivity index (χ0n) is 21.3. The van der Waals surface area contributed by atoms with Crippen LogP contribution in [0.4, 0.5) is 5.82 Å². The molecule has 2 atom stereocenters. The third-order valence-corrected chi connectivity index (χ3v) is 6.37. The number of ether oxygens (including phenoxy) is 1. The van der Waals surface area contributed by atoms with Crippen LogP contribution in [0.1, 0.15) is 77.8 Å². The Morgan fingerprint density at radius 2 is 1.80 bits per heavy atom. The molecular formula is C27H38N4O4. The number of anilines is 1. The minimum atomic E-state index is -0.715. The molecule has 0 bridgehead atoms. The molecule has 1 heterocycles. The first-order valence-corrected chi connectivity index (χ1v) is 12.6. The minimum absolute atomic E-state index is 0.162. The molecule has 35 heavy (non-hydrogen) atoms. The summed E-state index contributed by atoms with van der Waals surface area (Å²) >= 11 is 0. The van der Waals surface area contributed by atoms with Gasteiger partial charge in [-0.05, 0) is 24.8 Å². The van der Waals surface area contributed by atoms with Crippen molar-refractivity contribution in [2.75, 3.05) is 11.9 Å². The fourth-order valence-corrected chi connectivity index (χ4v) is 4.40. The van der Waals surface area contributed by atoms with Crippen LogP contribution in [0.25, 0.3) is 0 Å². The van der Waals surface area contributed by atoms with Gasteiger partial charge in [0, 0.05) is 11.6 Å². The number of hydrogen-bond acceptors (Lipinski definition) is 5. The van der Waals surface area contributed by atoms with Crippen molar-refractivity contribution >= 4 is 23.6 Å². The van der Waals surface area contributed by atoms with Crippen molar-refractivity contribution in [3.63, 3.8) is 0 Å². The lowest BCUT2D eigenvalue weighted by Crippen LogP contribution is -2.48. The first-order valence-electron chi connectivity index (χ1n) is 12.6. The molecule has 1 aromatic carbocycles. The molecule has 2 N–H and O–H groups in total. The van der Waals surface area contributed by atoms with E-state index in [2.05, 4.69) is 15.6 Å². The van der Waals surface area contributed by atoms with Crippen LogP contribution in [-0.2, 0) is 19.1 Å². The molecule has 1 fully saturated rings. The van der Waals surface area contributed by atoms with Crippen molar-refractivity contribution in [3.05, 3.63) is 48.4 Å². The normalized spacial score (nSPS) is 16.2. The highest BCUT2D eigenvalue weighted by Crippen LogP contribution is 2.28. The highest BCUT2D eigenvalue weighted by molar-refractivity contribution is 5.97. The first-order chi connectivity index (χ1) is 16.7. The lowest BCUT2D eigenvalue weighted by atomic mass is 9.84. The van der Waals surface area contributed by atoms with E-state index in [1.165, 1.54) is 12.7 Å². The number of nitrogens with one attached hydrogen (secondary N) is 2. The van der Waals surface area contributed by atoms with E-state index >= 15 is 0 Å². The number of rotatable bonds is 9. The summed E-state index contributed by atoms with van der Waals surface area (Å²) in [5, 5.41) is 5.80. The van der Waals surface area contributed by atoms with Gasteiger partial charge < -0.3 is 19.9 Å². The highest BCUT2D eigenvalue weighted by Gasteiger charge is 2.31. The maximum atomic E-state index is 13.3. The van der Waals surface area contributed by atoms with E-state index in [1.807, 2.05) is 51.1 Å². The third-order valence-electron chi connectivity index (χ3n) is 6.37. The first kappa shape index (κ1) is 26.4. The smallest absolute Gasteiger partial charge is 0.333 e. The van der Waals surface area contributed by atoms with Gasteiger partial charge in [0.15, 0.2) is 11.9 Å². The third kappa shape index (κ3) is 7.41. The topological polar surface area (TPSA) is 102 Å². The summed E-state index contributed by atoms with van der Waals surface area (Å²) in [5.74, 6) is -0.139. The monoisotopic (exact) mass is 482 g/mol. The van der Waals surface area contributed by atoms with Gasteiger partial charge >= 0.3 is 5.97 Å². The van der Waals surface area contributed by atoms with E-state index in [-0.39, 0.29) is 18.4 Å². The second kappa shape index (κ2) is 12.0. The van der Waals surface area contributed by atoms with Crippen LogP contribution in [0.15, 0.2) is 42.9 Å². The largest absolute Gasteiger partial charge is 0.464 e. The molecule has 2 amide bonds. The van der Waals surface area contributed by atoms with Crippen molar-refractivity contribution in [1.82, 2.24) is 14.9 Å². The van der Waals surface area contributed by atoms with Gasteiger partial charge in [0.2, 0.25) is 11.8 Å². The molecule has 0 aliphatic heterocycles. The fourth-order valence-electron chi connectivity index (χ4n) is 4.40. The van der Waals surface area contributed by atoms with Crippen molar-refractivity contribution < 1.29 is 19.1 Å². The number of benzene rings is 1. The van der Waals surface area contributed by atoms with E-state index in [9.17, 15) is 14.4 Å². The van der Waals surface area contributed by atoms with Crippen molar-refractivity contribution in [3.8, 4) is 0 Å². The molecule has 0 spiro atoms. The molecule has 190 valence electrons. The highest BCUT2D eigenvalue weighted by atomic mass is 16.5. The zero-order chi connectivity index (χ0) is 25.4. The predicted octanol–water partition coefficient (Wildman–Crippen LogP) is 4.48.